The second kappa shape index (κ2) is 3.79. The predicted octanol–water partition coefficient (Wildman–Crippen LogP) is -1.48. The Balaban J connectivity index is 3.82. The van der Waals surface area contributed by atoms with Gasteiger partial charge in [0.25, 0.3) is 0 Å². The molecule has 0 atom stereocenters. The van der Waals surface area contributed by atoms with Crippen molar-refractivity contribution in [1.29, 1.82) is 0 Å². The second-order valence-corrected chi connectivity index (χ2v) is 2.17. The standard InChI is InChI=1S/C5H12N2O2/c6-1-5(2-7,3-8)4-9/h6-9H,1-4H2. The lowest BCUT2D eigenvalue weighted by atomic mass is 9.91. The zero-order valence-corrected chi connectivity index (χ0v) is 5.22. The van der Waals surface area contributed by atoms with Gasteiger partial charge >= 0.3 is 0 Å². The minimum atomic E-state index is -0.889. The van der Waals surface area contributed by atoms with Gasteiger partial charge in [-0.1, -0.05) is 0 Å². The molecule has 0 fully saturated rings. The molecule has 0 rings (SSSR count). The van der Waals surface area contributed by atoms with Gasteiger partial charge in [-0.05, 0) is 0 Å². The molecule has 9 heavy (non-hydrogen) atoms. The van der Waals surface area contributed by atoms with E-state index in [2.05, 4.69) is 0 Å². The summed E-state index contributed by atoms with van der Waals surface area (Å²) in [7, 11) is 0. The molecule has 0 bridgehead atoms. The van der Waals surface area contributed by atoms with Crippen LogP contribution in [0.4, 0.5) is 0 Å². The highest BCUT2D eigenvalue weighted by atomic mass is 16.3. The van der Waals surface area contributed by atoms with Crippen molar-refractivity contribution in [2.45, 2.75) is 0 Å². The summed E-state index contributed by atoms with van der Waals surface area (Å²) in [6, 6.07) is 0. The summed E-state index contributed by atoms with van der Waals surface area (Å²) in [4.78, 5) is 0. The molecule has 0 aromatic rings. The van der Waals surface area contributed by atoms with E-state index in [0.29, 0.717) is 0 Å². The van der Waals surface area contributed by atoms with Gasteiger partial charge in [-0.15, -0.1) is 0 Å². The van der Waals surface area contributed by atoms with Crippen LogP contribution in [-0.4, -0.2) is 36.5 Å². The van der Waals surface area contributed by atoms with Crippen molar-refractivity contribution in [1.82, 2.24) is 11.5 Å². The normalized spacial score (nSPS) is 12.0. The van der Waals surface area contributed by atoms with E-state index >= 15 is 0 Å². The highest BCUT2D eigenvalue weighted by molar-refractivity contribution is 4.78. The molecule has 0 aliphatic rings. The van der Waals surface area contributed by atoms with Gasteiger partial charge in [0.2, 0.25) is 0 Å². The maximum atomic E-state index is 8.58. The smallest absolute Gasteiger partial charge is 0.0535 e. The summed E-state index contributed by atoms with van der Waals surface area (Å²) in [5.41, 5.74) is 12.8. The lowest BCUT2D eigenvalue weighted by Gasteiger charge is -2.24. The van der Waals surface area contributed by atoms with Gasteiger partial charge < -0.3 is 10.2 Å². The lowest BCUT2D eigenvalue weighted by Crippen LogP contribution is -2.38. The van der Waals surface area contributed by atoms with E-state index in [4.69, 9.17) is 21.7 Å². The molecule has 0 spiro atoms. The summed E-state index contributed by atoms with van der Waals surface area (Å²) in [5, 5.41) is 17.2. The van der Waals surface area contributed by atoms with E-state index in [1.807, 2.05) is 0 Å². The van der Waals surface area contributed by atoms with Crippen LogP contribution in [0.15, 0.2) is 0 Å². The van der Waals surface area contributed by atoms with Crippen molar-refractivity contribution in [2.75, 3.05) is 26.3 Å². The molecule has 0 heterocycles. The second-order valence-electron chi connectivity index (χ2n) is 2.17. The Hall–Kier alpha value is -0.160. The van der Waals surface area contributed by atoms with Crippen molar-refractivity contribution in [3.63, 3.8) is 0 Å². The average molecular weight is 132 g/mol. The summed E-state index contributed by atoms with van der Waals surface area (Å²) < 4.78 is 0. The van der Waals surface area contributed by atoms with Crippen LogP contribution >= 0.6 is 0 Å². The SMILES string of the molecule is [NH]CC(C[NH])(CO)CO. The van der Waals surface area contributed by atoms with Gasteiger partial charge in [0.1, 0.15) is 0 Å². The predicted molar refractivity (Wildman–Crippen MR) is 32.5 cm³/mol. The van der Waals surface area contributed by atoms with Crippen LogP contribution in [0, 0.1) is 5.41 Å². The first-order chi connectivity index (χ1) is 4.24. The van der Waals surface area contributed by atoms with Crippen LogP contribution in [0.25, 0.3) is 0 Å². The van der Waals surface area contributed by atoms with E-state index in [1.54, 1.807) is 0 Å². The molecule has 54 valence electrons. The molecule has 0 aliphatic heterocycles. The Kier molecular flexibility index (Phi) is 3.72. The van der Waals surface area contributed by atoms with Crippen LogP contribution in [0.5, 0.6) is 0 Å². The summed E-state index contributed by atoms with van der Waals surface area (Å²) in [5.74, 6) is 0. The molecule has 0 aliphatic carbocycles. The Labute approximate surface area is 54.5 Å². The summed E-state index contributed by atoms with van der Waals surface area (Å²) in [6.07, 6.45) is 0. The maximum absolute atomic E-state index is 8.58. The largest absolute Gasteiger partial charge is 0.396 e. The maximum Gasteiger partial charge on any atom is 0.0535 e. The first kappa shape index (κ1) is 8.84. The van der Waals surface area contributed by atoms with Crippen LogP contribution in [0.2, 0.25) is 0 Å². The van der Waals surface area contributed by atoms with E-state index in [1.165, 1.54) is 0 Å². The fourth-order valence-corrected chi connectivity index (χ4v) is 0.336. The van der Waals surface area contributed by atoms with E-state index in [-0.39, 0.29) is 26.3 Å². The number of hydrogen-bond donors (Lipinski definition) is 2. The first-order valence-corrected chi connectivity index (χ1v) is 2.75. The van der Waals surface area contributed by atoms with Gasteiger partial charge in [0.05, 0.1) is 13.2 Å². The third-order valence-electron chi connectivity index (χ3n) is 1.42. The Bertz CT molecular complexity index is 55.8. The van der Waals surface area contributed by atoms with Crippen LogP contribution in [-0.2, 0) is 0 Å². The minimum absolute atomic E-state index is 0.0938. The van der Waals surface area contributed by atoms with E-state index < -0.39 is 5.41 Å². The van der Waals surface area contributed by atoms with Crippen LogP contribution in [0.1, 0.15) is 0 Å². The zero-order valence-electron chi connectivity index (χ0n) is 5.22. The molecule has 0 saturated heterocycles. The number of hydrogen-bond acceptors (Lipinski definition) is 2. The van der Waals surface area contributed by atoms with Gasteiger partial charge in [-0.25, -0.2) is 0 Å². The Morgan fingerprint density at radius 2 is 1.33 bits per heavy atom. The van der Waals surface area contributed by atoms with Crippen molar-refractivity contribution < 1.29 is 10.2 Å². The van der Waals surface area contributed by atoms with Gasteiger partial charge in [0.15, 0.2) is 0 Å². The molecular weight excluding hydrogens is 120 g/mol. The van der Waals surface area contributed by atoms with Crippen molar-refractivity contribution >= 4 is 0 Å². The molecule has 4 heteroatoms. The molecular formula is C5H12N2O2. The van der Waals surface area contributed by atoms with Gasteiger partial charge in [-0.2, -0.15) is 0 Å². The molecule has 0 saturated carbocycles. The van der Waals surface area contributed by atoms with Crippen LogP contribution < -0.4 is 11.5 Å². The molecule has 0 aromatic heterocycles. The monoisotopic (exact) mass is 132 g/mol. The zero-order chi connectivity index (χ0) is 7.33. The molecule has 0 amide bonds. The number of nitrogens with one attached hydrogen (secondary N) is 2. The minimum Gasteiger partial charge on any atom is -0.396 e. The van der Waals surface area contributed by atoms with Gasteiger partial charge in [0, 0.05) is 18.5 Å². The van der Waals surface area contributed by atoms with E-state index in [9.17, 15) is 0 Å². The van der Waals surface area contributed by atoms with Gasteiger partial charge in [-0.3, -0.25) is 11.5 Å². The Morgan fingerprint density at radius 1 is 1.00 bits per heavy atom. The summed E-state index contributed by atoms with van der Waals surface area (Å²) in [6.45, 7) is -0.750. The highest BCUT2D eigenvalue weighted by Gasteiger charge is 2.25. The molecule has 0 aromatic carbocycles. The molecule has 4 N–H and O–H groups in total. The van der Waals surface area contributed by atoms with E-state index in [0.717, 1.165) is 0 Å². The van der Waals surface area contributed by atoms with Crippen molar-refractivity contribution in [2.24, 2.45) is 5.41 Å². The van der Waals surface area contributed by atoms with Crippen LogP contribution in [0.3, 0.4) is 0 Å². The fraction of sp³-hybridized carbons (Fsp3) is 1.00. The molecule has 4 nitrogen and oxygen atoms in total. The lowest BCUT2D eigenvalue weighted by molar-refractivity contribution is 0.0663. The quantitative estimate of drug-likeness (QED) is 0.488. The number of aliphatic hydroxyl groups excluding tert-OH is 2. The van der Waals surface area contributed by atoms with Crippen molar-refractivity contribution in [3.8, 4) is 0 Å². The number of rotatable bonds is 4. The first-order valence-electron chi connectivity index (χ1n) is 2.75. The third kappa shape index (κ3) is 1.91. The number of aliphatic hydroxyl groups is 2. The fourth-order valence-electron chi connectivity index (χ4n) is 0.336. The van der Waals surface area contributed by atoms with Crippen molar-refractivity contribution in [3.05, 3.63) is 0 Å². The Morgan fingerprint density at radius 3 is 1.33 bits per heavy atom. The summed E-state index contributed by atoms with van der Waals surface area (Å²) >= 11 is 0. The molecule has 0 unspecified atom stereocenters. The topological polar surface area (TPSA) is 88.1 Å². The highest BCUT2D eigenvalue weighted by Crippen LogP contribution is 2.11. The third-order valence-corrected chi connectivity index (χ3v) is 1.42. The average Bonchev–Trinajstić information content (AvgIpc) is 1.95. The molecule has 2 radical (unpaired) electrons.